The number of nitrogens with zero attached hydrogens (tertiary/aromatic N) is 2. The van der Waals surface area contributed by atoms with Gasteiger partial charge in [0.25, 0.3) is 5.91 Å². The molecule has 0 aliphatic rings. The minimum atomic E-state index is -0.378. The largest absolute Gasteiger partial charge is 0.504 e. The number of amides is 1. The molecule has 2 N–H and O–H groups in total. The highest BCUT2D eigenvalue weighted by molar-refractivity contribution is 5.94. The fourth-order valence-electron chi connectivity index (χ4n) is 1.53. The summed E-state index contributed by atoms with van der Waals surface area (Å²) in [4.78, 5) is 15.5. The van der Waals surface area contributed by atoms with Gasteiger partial charge in [0.05, 0.1) is 18.9 Å². The van der Waals surface area contributed by atoms with Crippen molar-refractivity contribution in [3.8, 4) is 11.5 Å². The number of hydrazone groups is 1. The normalized spacial score (nSPS) is 10.4. The lowest BCUT2D eigenvalue weighted by atomic mass is 10.2. The second-order valence-electron chi connectivity index (χ2n) is 3.84. The molecule has 6 heteroatoms. The van der Waals surface area contributed by atoms with E-state index in [0.29, 0.717) is 16.9 Å². The number of nitrogens with one attached hydrogen (secondary N) is 1. The smallest absolute Gasteiger partial charge is 0.272 e. The van der Waals surface area contributed by atoms with Gasteiger partial charge in [-0.05, 0) is 24.3 Å². The molecule has 0 saturated heterocycles. The van der Waals surface area contributed by atoms with E-state index in [-0.39, 0.29) is 11.7 Å². The second-order valence-corrected chi connectivity index (χ2v) is 3.84. The standard InChI is InChI=1S/C14H13N3O3/c1-20-12-6-2-4-10(13(12)18)9-16-17-14(19)11-5-3-7-15-8-11/h2-9,18H,1H3,(H,17,19)/b16-9+. The van der Waals surface area contributed by atoms with E-state index in [1.165, 1.54) is 19.5 Å². The lowest BCUT2D eigenvalue weighted by Gasteiger charge is -2.04. The Bertz CT molecular complexity index is 627. The molecular weight excluding hydrogens is 258 g/mol. The Kier molecular flexibility index (Phi) is 4.28. The summed E-state index contributed by atoms with van der Waals surface area (Å²) >= 11 is 0. The first-order valence-electron chi connectivity index (χ1n) is 5.82. The molecule has 1 aromatic heterocycles. The number of hydrogen-bond donors (Lipinski definition) is 2. The summed E-state index contributed by atoms with van der Waals surface area (Å²) in [7, 11) is 1.46. The molecule has 0 fully saturated rings. The molecule has 0 aliphatic heterocycles. The highest BCUT2D eigenvalue weighted by Gasteiger charge is 2.06. The van der Waals surface area contributed by atoms with Gasteiger partial charge in [0.2, 0.25) is 0 Å². The number of hydrogen-bond acceptors (Lipinski definition) is 5. The Labute approximate surface area is 115 Å². The van der Waals surface area contributed by atoms with Gasteiger partial charge < -0.3 is 9.84 Å². The Morgan fingerprint density at radius 1 is 1.40 bits per heavy atom. The number of carbonyl (C=O) groups is 1. The lowest BCUT2D eigenvalue weighted by Crippen LogP contribution is -2.17. The summed E-state index contributed by atoms with van der Waals surface area (Å²) < 4.78 is 4.98. The molecule has 2 rings (SSSR count). The summed E-state index contributed by atoms with van der Waals surface area (Å²) in [5.41, 5.74) is 3.19. The van der Waals surface area contributed by atoms with Crippen molar-refractivity contribution in [3.05, 3.63) is 53.9 Å². The number of phenolic OH excluding ortho intramolecular Hbond substituents is 1. The van der Waals surface area contributed by atoms with E-state index in [4.69, 9.17) is 4.74 Å². The van der Waals surface area contributed by atoms with Crippen LogP contribution in [0.2, 0.25) is 0 Å². The molecule has 0 radical (unpaired) electrons. The van der Waals surface area contributed by atoms with Crippen molar-refractivity contribution < 1.29 is 14.6 Å². The lowest BCUT2D eigenvalue weighted by molar-refractivity contribution is 0.0954. The van der Waals surface area contributed by atoms with Gasteiger partial charge in [-0.2, -0.15) is 5.10 Å². The summed E-state index contributed by atoms with van der Waals surface area (Å²) in [5.74, 6) is -0.0707. The van der Waals surface area contributed by atoms with Crippen molar-refractivity contribution in [2.24, 2.45) is 5.10 Å². The minimum Gasteiger partial charge on any atom is -0.504 e. The maximum atomic E-state index is 11.7. The van der Waals surface area contributed by atoms with Gasteiger partial charge >= 0.3 is 0 Å². The van der Waals surface area contributed by atoms with E-state index in [2.05, 4.69) is 15.5 Å². The van der Waals surface area contributed by atoms with Crippen molar-refractivity contribution >= 4 is 12.1 Å². The number of ether oxygens (including phenoxy) is 1. The molecule has 0 bridgehead atoms. The maximum absolute atomic E-state index is 11.7. The van der Waals surface area contributed by atoms with Crippen LogP contribution in [0.5, 0.6) is 11.5 Å². The third kappa shape index (κ3) is 3.11. The van der Waals surface area contributed by atoms with Crippen LogP contribution in [0.4, 0.5) is 0 Å². The van der Waals surface area contributed by atoms with Crippen molar-refractivity contribution in [1.82, 2.24) is 10.4 Å². The first-order valence-corrected chi connectivity index (χ1v) is 5.82. The molecule has 1 amide bonds. The molecule has 0 unspecified atom stereocenters. The highest BCUT2D eigenvalue weighted by Crippen LogP contribution is 2.27. The molecular formula is C14H13N3O3. The van der Waals surface area contributed by atoms with E-state index in [9.17, 15) is 9.90 Å². The van der Waals surface area contributed by atoms with Crippen LogP contribution in [-0.2, 0) is 0 Å². The van der Waals surface area contributed by atoms with Crippen molar-refractivity contribution in [1.29, 1.82) is 0 Å². The SMILES string of the molecule is COc1cccc(/C=N/NC(=O)c2cccnc2)c1O. The number of para-hydroxylation sites is 1. The zero-order chi connectivity index (χ0) is 14.4. The Morgan fingerprint density at radius 2 is 2.25 bits per heavy atom. The van der Waals surface area contributed by atoms with Crippen molar-refractivity contribution in [2.45, 2.75) is 0 Å². The van der Waals surface area contributed by atoms with Crippen LogP contribution in [0, 0.1) is 0 Å². The molecule has 2 aromatic rings. The number of carbonyl (C=O) groups excluding carboxylic acids is 1. The number of pyridine rings is 1. The summed E-state index contributed by atoms with van der Waals surface area (Å²) in [6.07, 6.45) is 4.36. The van der Waals surface area contributed by atoms with Gasteiger partial charge in [-0.3, -0.25) is 9.78 Å². The van der Waals surface area contributed by atoms with Crippen LogP contribution in [0.25, 0.3) is 0 Å². The van der Waals surface area contributed by atoms with Crippen LogP contribution in [0.3, 0.4) is 0 Å². The van der Waals surface area contributed by atoms with Crippen molar-refractivity contribution in [2.75, 3.05) is 7.11 Å². The van der Waals surface area contributed by atoms with E-state index < -0.39 is 0 Å². The number of rotatable bonds is 4. The first-order chi connectivity index (χ1) is 9.72. The van der Waals surface area contributed by atoms with Crippen molar-refractivity contribution in [3.63, 3.8) is 0 Å². The number of benzene rings is 1. The van der Waals surface area contributed by atoms with E-state index in [1.807, 2.05) is 0 Å². The summed E-state index contributed by atoms with van der Waals surface area (Å²) in [6, 6.07) is 8.27. The first kappa shape index (κ1) is 13.5. The van der Waals surface area contributed by atoms with Crippen LogP contribution in [-0.4, -0.2) is 29.3 Å². The molecule has 6 nitrogen and oxygen atoms in total. The quantitative estimate of drug-likeness (QED) is 0.653. The van der Waals surface area contributed by atoms with Gasteiger partial charge in [0.1, 0.15) is 0 Å². The third-order valence-electron chi connectivity index (χ3n) is 2.54. The molecule has 102 valence electrons. The monoisotopic (exact) mass is 271 g/mol. The van der Waals surface area contributed by atoms with Gasteiger partial charge in [-0.25, -0.2) is 5.43 Å². The zero-order valence-electron chi connectivity index (χ0n) is 10.8. The molecule has 0 atom stereocenters. The molecule has 1 aromatic carbocycles. The number of aromatic nitrogens is 1. The van der Waals surface area contributed by atoms with E-state index >= 15 is 0 Å². The molecule has 0 saturated carbocycles. The third-order valence-corrected chi connectivity index (χ3v) is 2.54. The average Bonchev–Trinajstić information content (AvgIpc) is 2.49. The predicted octanol–water partition coefficient (Wildman–Crippen LogP) is 1.56. The summed E-state index contributed by atoms with van der Waals surface area (Å²) in [6.45, 7) is 0. The molecule has 1 heterocycles. The zero-order valence-corrected chi connectivity index (χ0v) is 10.8. The van der Waals surface area contributed by atoms with E-state index in [0.717, 1.165) is 0 Å². The topological polar surface area (TPSA) is 83.8 Å². The Hall–Kier alpha value is -2.89. The Balaban J connectivity index is 2.06. The predicted molar refractivity (Wildman–Crippen MR) is 74.0 cm³/mol. The average molecular weight is 271 g/mol. The second kappa shape index (κ2) is 6.33. The summed E-state index contributed by atoms with van der Waals surface area (Å²) in [5, 5.41) is 13.6. The fraction of sp³-hybridized carbons (Fsp3) is 0.0714. The highest BCUT2D eigenvalue weighted by atomic mass is 16.5. The maximum Gasteiger partial charge on any atom is 0.272 e. The number of aromatic hydroxyl groups is 1. The van der Waals surface area contributed by atoms with Gasteiger partial charge in [0.15, 0.2) is 11.5 Å². The molecule has 20 heavy (non-hydrogen) atoms. The van der Waals surface area contributed by atoms with Crippen LogP contribution in [0.1, 0.15) is 15.9 Å². The Morgan fingerprint density at radius 3 is 2.95 bits per heavy atom. The van der Waals surface area contributed by atoms with Crippen LogP contribution >= 0.6 is 0 Å². The fourth-order valence-corrected chi connectivity index (χ4v) is 1.53. The number of methoxy groups -OCH3 is 1. The minimum absolute atomic E-state index is 0.0330. The van der Waals surface area contributed by atoms with Crippen LogP contribution < -0.4 is 10.2 Å². The number of phenols is 1. The molecule has 0 spiro atoms. The van der Waals surface area contributed by atoms with Gasteiger partial charge in [-0.1, -0.05) is 6.07 Å². The molecule has 0 aliphatic carbocycles. The van der Waals surface area contributed by atoms with Gasteiger partial charge in [-0.15, -0.1) is 0 Å². The van der Waals surface area contributed by atoms with Crippen LogP contribution in [0.15, 0.2) is 47.8 Å². The van der Waals surface area contributed by atoms with E-state index in [1.54, 1.807) is 36.5 Å². The van der Waals surface area contributed by atoms with Gasteiger partial charge in [0, 0.05) is 18.0 Å².